The Hall–Kier alpha value is -2.33. The summed E-state index contributed by atoms with van der Waals surface area (Å²) < 4.78 is 0. The van der Waals surface area contributed by atoms with Gasteiger partial charge in [0.1, 0.15) is 0 Å². The van der Waals surface area contributed by atoms with Crippen LogP contribution in [-0.2, 0) is 6.42 Å². The van der Waals surface area contributed by atoms with Gasteiger partial charge in [-0.3, -0.25) is 4.79 Å². The van der Waals surface area contributed by atoms with Crippen molar-refractivity contribution < 1.29 is 9.90 Å². The number of carbonyl (C=O) groups excluding carboxylic acids is 1. The molecule has 2 aromatic rings. The first-order chi connectivity index (χ1) is 10.2. The van der Waals surface area contributed by atoms with Gasteiger partial charge in [-0.15, -0.1) is 0 Å². The van der Waals surface area contributed by atoms with Crippen LogP contribution in [0.2, 0.25) is 0 Å². The van der Waals surface area contributed by atoms with E-state index < -0.39 is 0 Å². The molecule has 0 fully saturated rings. The fourth-order valence-corrected chi connectivity index (χ4v) is 2.11. The Morgan fingerprint density at radius 1 is 1.10 bits per heavy atom. The summed E-state index contributed by atoms with van der Waals surface area (Å²) in [4.78, 5) is 12.3. The number of aliphatic hydroxyl groups excluding tert-OH is 1. The van der Waals surface area contributed by atoms with Gasteiger partial charge in [-0.2, -0.15) is 0 Å². The Morgan fingerprint density at radius 2 is 1.81 bits per heavy atom. The fraction of sp³-hybridized carbons (Fsp3) is 0.235. The van der Waals surface area contributed by atoms with Crippen LogP contribution in [0, 0.1) is 0 Å². The van der Waals surface area contributed by atoms with E-state index in [-0.39, 0.29) is 12.5 Å². The molecule has 0 saturated heterocycles. The zero-order chi connectivity index (χ0) is 15.1. The fourth-order valence-electron chi connectivity index (χ4n) is 2.11. The van der Waals surface area contributed by atoms with E-state index in [1.54, 1.807) is 6.07 Å². The van der Waals surface area contributed by atoms with Gasteiger partial charge < -0.3 is 15.7 Å². The van der Waals surface area contributed by atoms with E-state index in [1.165, 1.54) is 0 Å². The number of amides is 1. The zero-order valence-corrected chi connectivity index (χ0v) is 12.1. The lowest BCUT2D eigenvalue weighted by molar-refractivity contribution is 0.102. The number of nitrogens with one attached hydrogen (secondary N) is 2. The van der Waals surface area contributed by atoms with Crippen LogP contribution in [-0.4, -0.2) is 24.2 Å². The maximum atomic E-state index is 12.3. The normalized spacial score (nSPS) is 10.2. The summed E-state index contributed by atoms with van der Waals surface area (Å²) in [6, 6.07) is 14.9. The van der Waals surface area contributed by atoms with Crippen LogP contribution in [0.3, 0.4) is 0 Å². The molecule has 2 rings (SSSR count). The first kappa shape index (κ1) is 15.1. The lowest BCUT2D eigenvalue weighted by Gasteiger charge is -2.11. The molecule has 0 spiro atoms. The number of hydrogen-bond donors (Lipinski definition) is 3. The average Bonchev–Trinajstić information content (AvgIpc) is 2.50. The van der Waals surface area contributed by atoms with E-state index in [9.17, 15) is 4.79 Å². The highest BCUT2D eigenvalue weighted by Gasteiger charge is 2.10. The molecule has 21 heavy (non-hydrogen) atoms. The van der Waals surface area contributed by atoms with Crippen molar-refractivity contribution in [2.75, 3.05) is 23.8 Å². The number of anilines is 2. The van der Waals surface area contributed by atoms with Crippen molar-refractivity contribution in [3.8, 4) is 0 Å². The molecule has 110 valence electrons. The molecule has 4 heteroatoms. The topological polar surface area (TPSA) is 61.4 Å². The maximum absolute atomic E-state index is 12.3. The largest absolute Gasteiger partial charge is 0.396 e. The molecule has 4 nitrogen and oxygen atoms in total. The maximum Gasteiger partial charge on any atom is 0.257 e. The van der Waals surface area contributed by atoms with Gasteiger partial charge in [0.05, 0.1) is 5.56 Å². The van der Waals surface area contributed by atoms with Gasteiger partial charge >= 0.3 is 0 Å². The van der Waals surface area contributed by atoms with Gasteiger partial charge in [0.2, 0.25) is 0 Å². The van der Waals surface area contributed by atoms with Crippen LogP contribution in [0.1, 0.15) is 22.8 Å². The number of benzene rings is 2. The second kappa shape index (κ2) is 7.45. The molecule has 0 bridgehead atoms. The van der Waals surface area contributed by atoms with Crippen molar-refractivity contribution in [1.82, 2.24) is 0 Å². The molecule has 0 aliphatic heterocycles. The van der Waals surface area contributed by atoms with E-state index >= 15 is 0 Å². The van der Waals surface area contributed by atoms with E-state index in [1.807, 2.05) is 49.4 Å². The van der Waals surface area contributed by atoms with E-state index in [0.717, 1.165) is 23.5 Å². The Balaban J connectivity index is 2.10. The Bertz CT molecular complexity index is 594. The molecule has 0 aromatic heterocycles. The van der Waals surface area contributed by atoms with Gasteiger partial charge in [0.25, 0.3) is 5.91 Å². The Kier molecular flexibility index (Phi) is 5.35. The molecule has 0 heterocycles. The summed E-state index contributed by atoms with van der Waals surface area (Å²) in [6.07, 6.45) is 0.622. The molecule has 3 N–H and O–H groups in total. The van der Waals surface area contributed by atoms with Crippen LogP contribution in [0.25, 0.3) is 0 Å². The van der Waals surface area contributed by atoms with E-state index in [2.05, 4.69) is 10.6 Å². The highest BCUT2D eigenvalue weighted by molar-refractivity contribution is 6.08. The molecule has 0 aliphatic rings. The lowest BCUT2D eigenvalue weighted by atomic mass is 10.1. The standard InChI is InChI=1S/C17H20N2O2/c1-2-18-16-6-4-3-5-15(16)17(21)19-14-9-7-13(8-10-14)11-12-20/h3-10,18,20H,2,11-12H2,1H3,(H,19,21). The third kappa shape index (κ3) is 4.07. The van der Waals surface area contributed by atoms with Crippen LogP contribution in [0.5, 0.6) is 0 Å². The van der Waals surface area contributed by atoms with Crippen molar-refractivity contribution in [2.24, 2.45) is 0 Å². The van der Waals surface area contributed by atoms with Gasteiger partial charge in [-0.05, 0) is 43.2 Å². The zero-order valence-electron chi connectivity index (χ0n) is 12.1. The summed E-state index contributed by atoms with van der Waals surface area (Å²) in [5.41, 5.74) is 3.24. The summed E-state index contributed by atoms with van der Waals surface area (Å²) in [6.45, 7) is 2.89. The first-order valence-electron chi connectivity index (χ1n) is 7.08. The van der Waals surface area contributed by atoms with Crippen molar-refractivity contribution in [1.29, 1.82) is 0 Å². The average molecular weight is 284 g/mol. The Labute approximate surface area is 124 Å². The molecule has 1 amide bonds. The van der Waals surface area contributed by atoms with Crippen molar-refractivity contribution in [2.45, 2.75) is 13.3 Å². The van der Waals surface area contributed by atoms with Crippen LogP contribution >= 0.6 is 0 Å². The first-order valence-corrected chi connectivity index (χ1v) is 7.08. The number of aliphatic hydroxyl groups is 1. The van der Waals surface area contributed by atoms with Crippen LogP contribution < -0.4 is 10.6 Å². The predicted molar refractivity (Wildman–Crippen MR) is 85.8 cm³/mol. The molecule has 0 unspecified atom stereocenters. The van der Waals surface area contributed by atoms with Crippen LogP contribution in [0.15, 0.2) is 48.5 Å². The van der Waals surface area contributed by atoms with E-state index in [0.29, 0.717) is 12.0 Å². The summed E-state index contributed by atoms with van der Waals surface area (Å²) in [7, 11) is 0. The molecular weight excluding hydrogens is 264 g/mol. The molecule has 0 atom stereocenters. The van der Waals surface area contributed by atoms with Gasteiger partial charge in [0, 0.05) is 24.5 Å². The quantitative estimate of drug-likeness (QED) is 0.764. The second-order valence-corrected chi connectivity index (χ2v) is 4.70. The van der Waals surface area contributed by atoms with Gasteiger partial charge in [-0.25, -0.2) is 0 Å². The highest BCUT2D eigenvalue weighted by atomic mass is 16.2. The summed E-state index contributed by atoms with van der Waals surface area (Å²) in [5, 5.41) is 15.0. The minimum atomic E-state index is -0.138. The number of para-hydroxylation sites is 1. The smallest absolute Gasteiger partial charge is 0.257 e. The van der Waals surface area contributed by atoms with Crippen LogP contribution in [0.4, 0.5) is 11.4 Å². The van der Waals surface area contributed by atoms with Crippen molar-refractivity contribution in [3.63, 3.8) is 0 Å². The number of carbonyl (C=O) groups is 1. The monoisotopic (exact) mass is 284 g/mol. The molecular formula is C17H20N2O2. The van der Waals surface area contributed by atoms with Gasteiger partial charge in [-0.1, -0.05) is 24.3 Å². The van der Waals surface area contributed by atoms with Crippen molar-refractivity contribution in [3.05, 3.63) is 59.7 Å². The van der Waals surface area contributed by atoms with Gasteiger partial charge in [0.15, 0.2) is 0 Å². The predicted octanol–water partition coefficient (Wildman–Crippen LogP) is 2.91. The second-order valence-electron chi connectivity index (χ2n) is 4.70. The molecule has 0 radical (unpaired) electrons. The molecule has 0 aliphatic carbocycles. The minimum absolute atomic E-state index is 0.127. The highest BCUT2D eigenvalue weighted by Crippen LogP contribution is 2.17. The van der Waals surface area contributed by atoms with E-state index in [4.69, 9.17) is 5.11 Å². The molecule has 0 saturated carbocycles. The lowest BCUT2D eigenvalue weighted by Crippen LogP contribution is -2.14. The summed E-state index contributed by atoms with van der Waals surface area (Å²) in [5.74, 6) is -0.138. The minimum Gasteiger partial charge on any atom is -0.396 e. The number of rotatable bonds is 6. The SMILES string of the molecule is CCNc1ccccc1C(=O)Nc1ccc(CCO)cc1. The third-order valence-corrected chi connectivity index (χ3v) is 3.15. The third-order valence-electron chi connectivity index (χ3n) is 3.15. The summed E-state index contributed by atoms with van der Waals surface area (Å²) >= 11 is 0. The molecule has 2 aromatic carbocycles. The van der Waals surface area contributed by atoms with Crippen molar-refractivity contribution >= 4 is 17.3 Å². The number of hydrogen-bond acceptors (Lipinski definition) is 3. The Morgan fingerprint density at radius 3 is 2.48 bits per heavy atom.